The van der Waals surface area contributed by atoms with E-state index in [1.807, 2.05) is 18.2 Å². The van der Waals surface area contributed by atoms with Gasteiger partial charge in [-0.3, -0.25) is 14.8 Å². The molecule has 9 heteroatoms. The van der Waals surface area contributed by atoms with E-state index in [4.69, 9.17) is 9.97 Å². The summed E-state index contributed by atoms with van der Waals surface area (Å²) in [6.07, 6.45) is 13.7. The lowest BCUT2D eigenvalue weighted by molar-refractivity contribution is -0.126. The molecule has 5 rings (SSSR count). The summed E-state index contributed by atoms with van der Waals surface area (Å²) >= 11 is 0. The Kier molecular flexibility index (Phi) is 5.85. The number of anilines is 3. The van der Waals surface area contributed by atoms with Crippen molar-refractivity contribution in [1.82, 2.24) is 30.2 Å². The van der Waals surface area contributed by atoms with Crippen LogP contribution in [0.25, 0.3) is 11.4 Å². The van der Waals surface area contributed by atoms with E-state index in [0.29, 0.717) is 17.5 Å². The van der Waals surface area contributed by atoms with Crippen molar-refractivity contribution in [3.8, 4) is 11.4 Å². The van der Waals surface area contributed by atoms with Crippen LogP contribution in [0.15, 0.2) is 49.2 Å². The Hall–Kier alpha value is -3.62. The van der Waals surface area contributed by atoms with Gasteiger partial charge in [0, 0.05) is 62.5 Å². The minimum Gasteiger partial charge on any atom is -0.359 e. The molecular weight excluding hydrogens is 416 g/mol. The number of carbonyl (C=O) groups excluding carboxylic acids is 1. The van der Waals surface area contributed by atoms with E-state index in [1.165, 1.54) is 0 Å². The SMILES string of the molecule is CNC(=O)C1CCCC2(CCN(c3cc(Nc4cnccn4)nc(-c4cccnc4)n3)C2)C1. The van der Waals surface area contributed by atoms with Crippen molar-refractivity contribution in [2.45, 2.75) is 32.1 Å². The zero-order valence-corrected chi connectivity index (χ0v) is 18.7. The highest BCUT2D eigenvalue weighted by molar-refractivity contribution is 5.78. The van der Waals surface area contributed by atoms with Crippen molar-refractivity contribution >= 4 is 23.4 Å². The molecule has 33 heavy (non-hydrogen) atoms. The number of rotatable bonds is 5. The van der Waals surface area contributed by atoms with Gasteiger partial charge in [0.1, 0.15) is 17.5 Å². The number of hydrogen-bond donors (Lipinski definition) is 2. The smallest absolute Gasteiger partial charge is 0.222 e. The average Bonchev–Trinajstić information content (AvgIpc) is 3.27. The lowest BCUT2D eigenvalue weighted by atomic mass is 9.69. The summed E-state index contributed by atoms with van der Waals surface area (Å²) in [5.74, 6) is 3.04. The van der Waals surface area contributed by atoms with Gasteiger partial charge in [0.05, 0.1) is 6.20 Å². The number of nitrogens with zero attached hydrogens (tertiary/aromatic N) is 6. The van der Waals surface area contributed by atoms with E-state index in [0.717, 1.165) is 56.6 Å². The van der Waals surface area contributed by atoms with Gasteiger partial charge in [-0.25, -0.2) is 15.0 Å². The third-order valence-electron chi connectivity index (χ3n) is 6.77. The fourth-order valence-corrected chi connectivity index (χ4v) is 5.16. The van der Waals surface area contributed by atoms with E-state index >= 15 is 0 Å². The molecule has 0 bridgehead atoms. The molecule has 1 saturated carbocycles. The van der Waals surface area contributed by atoms with Crippen LogP contribution in [-0.4, -0.2) is 51.0 Å². The lowest BCUT2D eigenvalue weighted by Gasteiger charge is -2.37. The molecule has 3 aromatic rings. The second-order valence-corrected chi connectivity index (χ2v) is 8.97. The van der Waals surface area contributed by atoms with Crippen molar-refractivity contribution < 1.29 is 4.79 Å². The molecule has 170 valence electrons. The first-order valence-electron chi connectivity index (χ1n) is 11.4. The molecule has 2 aliphatic rings. The van der Waals surface area contributed by atoms with E-state index in [-0.39, 0.29) is 17.2 Å². The minimum absolute atomic E-state index is 0.105. The maximum Gasteiger partial charge on any atom is 0.222 e. The molecule has 1 saturated heterocycles. The predicted octanol–water partition coefficient (Wildman–Crippen LogP) is 3.20. The molecule has 2 unspecified atom stereocenters. The quantitative estimate of drug-likeness (QED) is 0.618. The Morgan fingerprint density at radius 2 is 2.03 bits per heavy atom. The predicted molar refractivity (Wildman–Crippen MR) is 126 cm³/mol. The van der Waals surface area contributed by atoms with Crippen molar-refractivity contribution in [2.75, 3.05) is 30.4 Å². The van der Waals surface area contributed by atoms with Gasteiger partial charge in [0.25, 0.3) is 0 Å². The van der Waals surface area contributed by atoms with Gasteiger partial charge in [-0.2, -0.15) is 0 Å². The van der Waals surface area contributed by atoms with Crippen LogP contribution in [-0.2, 0) is 4.79 Å². The largest absolute Gasteiger partial charge is 0.359 e. The van der Waals surface area contributed by atoms with Crippen LogP contribution in [0.2, 0.25) is 0 Å². The number of nitrogens with one attached hydrogen (secondary N) is 2. The molecule has 2 N–H and O–H groups in total. The molecule has 1 aliphatic carbocycles. The van der Waals surface area contributed by atoms with Crippen LogP contribution in [0.4, 0.5) is 17.5 Å². The van der Waals surface area contributed by atoms with Gasteiger partial charge in [-0.15, -0.1) is 0 Å². The molecule has 3 aromatic heterocycles. The third-order valence-corrected chi connectivity index (χ3v) is 6.77. The number of amides is 1. The molecule has 0 radical (unpaired) electrons. The Bertz CT molecular complexity index is 1110. The summed E-state index contributed by atoms with van der Waals surface area (Å²) in [7, 11) is 1.73. The molecule has 2 fully saturated rings. The van der Waals surface area contributed by atoms with Gasteiger partial charge in [0.2, 0.25) is 5.91 Å². The summed E-state index contributed by atoms with van der Waals surface area (Å²) < 4.78 is 0. The first-order chi connectivity index (χ1) is 16.1. The zero-order chi connectivity index (χ0) is 22.7. The van der Waals surface area contributed by atoms with Crippen LogP contribution in [0.3, 0.4) is 0 Å². The summed E-state index contributed by atoms with van der Waals surface area (Å²) in [4.78, 5) is 36.9. The highest BCUT2D eigenvalue weighted by atomic mass is 16.1. The zero-order valence-electron chi connectivity index (χ0n) is 18.7. The summed E-state index contributed by atoms with van der Waals surface area (Å²) in [5, 5.41) is 6.10. The highest BCUT2D eigenvalue weighted by Gasteiger charge is 2.43. The monoisotopic (exact) mass is 444 g/mol. The molecule has 2 atom stereocenters. The van der Waals surface area contributed by atoms with Crippen LogP contribution < -0.4 is 15.5 Å². The summed E-state index contributed by atoms with van der Waals surface area (Å²) in [6.45, 7) is 1.81. The molecule has 1 amide bonds. The minimum atomic E-state index is 0.105. The number of pyridine rings is 1. The first kappa shape index (κ1) is 21.2. The molecule has 1 aliphatic heterocycles. The maximum absolute atomic E-state index is 12.3. The summed E-state index contributed by atoms with van der Waals surface area (Å²) in [6, 6.07) is 5.80. The van der Waals surface area contributed by atoms with Gasteiger partial charge >= 0.3 is 0 Å². The third kappa shape index (κ3) is 4.62. The standard InChI is InChI=1S/C24H28N8O/c1-25-23(33)17-4-2-6-24(13-17)7-11-32(16-24)21-12-19(29-20-15-27-9-10-28-20)30-22(31-21)18-5-3-8-26-14-18/h3,5,8-10,12,14-15,17H,2,4,6-7,11,13,16H2,1H3,(H,25,33)(H,28,29,30,31). The number of carbonyl (C=O) groups is 1. The van der Waals surface area contributed by atoms with E-state index in [1.54, 1.807) is 38.0 Å². The van der Waals surface area contributed by atoms with Crippen LogP contribution in [0.1, 0.15) is 32.1 Å². The van der Waals surface area contributed by atoms with Crippen molar-refractivity contribution in [3.63, 3.8) is 0 Å². The Balaban J connectivity index is 1.43. The topological polar surface area (TPSA) is 109 Å². The van der Waals surface area contributed by atoms with Crippen molar-refractivity contribution in [1.29, 1.82) is 0 Å². The maximum atomic E-state index is 12.3. The van der Waals surface area contributed by atoms with Gasteiger partial charge in [-0.05, 0) is 43.2 Å². The Morgan fingerprint density at radius 1 is 1.12 bits per heavy atom. The van der Waals surface area contributed by atoms with E-state index in [9.17, 15) is 4.79 Å². The van der Waals surface area contributed by atoms with Crippen molar-refractivity contribution in [2.24, 2.45) is 11.3 Å². The van der Waals surface area contributed by atoms with Crippen LogP contribution in [0, 0.1) is 11.3 Å². The average molecular weight is 445 g/mol. The van der Waals surface area contributed by atoms with Gasteiger partial charge < -0.3 is 15.5 Å². The van der Waals surface area contributed by atoms with Gasteiger partial charge in [0.15, 0.2) is 5.82 Å². The summed E-state index contributed by atoms with van der Waals surface area (Å²) in [5.41, 5.74) is 1.01. The van der Waals surface area contributed by atoms with Crippen LogP contribution in [0.5, 0.6) is 0 Å². The molecule has 0 aromatic carbocycles. The first-order valence-corrected chi connectivity index (χ1v) is 11.4. The van der Waals surface area contributed by atoms with E-state index < -0.39 is 0 Å². The number of aromatic nitrogens is 5. The van der Waals surface area contributed by atoms with Crippen LogP contribution >= 0.6 is 0 Å². The molecular formula is C24H28N8O. The molecule has 1 spiro atoms. The van der Waals surface area contributed by atoms with Crippen molar-refractivity contribution in [3.05, 3.63) is 49.2 Å². The fraction of sp³-hybridized carbons (Fsp3) is 0.417. The number of hydrogen-bond acceptors (Lipinski definition) is 8. The Morgan fingerprint density at radius 3 is 2.82 bits per heavy atom. The fourth-order valence-electron chi connectivity index (χ4n) is 5.16. The molecule has 9 nitrogen and oxygen atoms in total. The second kappa shape index (κ2) is 9.09. The Labute approximate surface area is 193 Å². The van der Waals surface area contributed by atoms with Gasteiger partial charge in [-0.1, -0.05) is 6.42 Å². The van der Waals surface area contributed by atoms with E-state index in [2.05, 4.69) is 30.5 Å². The molecule has 4 heterocycles. The lowest BCUT2D eigenvalue weighted by Crippen LogP contribution is -2.38. The highest BCUT2D eigenvalue weighted by Crippen LogP contribution is 2.47. The normalized spacial score (nSPS) is 22.3. The second-order valence-electron chi connectivity index (χ2n) is 8.97.